The van der Waals surface area contributed by atoms with Crippen LogP contribution in [0, 0.1) is 11.7 Å². The van der Waals surface area contributed by atoms with Gasteiger partial charge in [-0.3, -0.25) is 0 Å². The van der Waals surface area contributed by atoms with Crippen molar-refractivity contribution < 1.29 is 19.0 Å². The molecule has 5 heteroatoms. The molecule has 3 rings (SSSR count). The molecule has 2 N–H and O–H groups in total. The van der Waals surface area contributed by atoms with Crippen molar-refractivity contribution in [2.24, 2.45) is 5.92 Å². The number of benzene rings is 2. The molecule has 1 saturated heterocycles. The van der Waals surface area contributed by atoms with E-state index in [1.165, 1.54) is 12.1 Å². The fraction of sp³-hybridized carbons (Fsp3) is 0.455. The van der Waals surface area contributed by atoms with E-state index in [1.54, 1.807) is 14.2 Å². The van der Waals surface area contributed by atoms with E-state index in [-0.39, 0.29) is 11.7 Å². The third-order valence-electron chi connectivity index (χ3n) is 5.43. The zero-order valence-electron chi connectivity index (χ0n) is 16.0. The topological polar surface area (TPSA) is 50.7 Å². The van der Waals surface area contributed by atoms with Crippen molar-refractivity contribution in [3.8, 4) is 11.5 Å². The normalized spacial score (nSPS) is 20.9. The molecule has 0 amide bonds. The lowest BCUT2D eigenvalue weighted by atomic mass is 9.83. The predicted molar refractivity (Wildman–Crippen MR) is 104 cm³/mol. The van der Waals surface area contributed by atoms with Gasteiger partial charge in [0.1, 0.15) is 5.82 Å². The van der Waals surface area contributed by atoms with E-state index in [0.29, 0.717) is 17.5 Å². The number of aliphatic hydroxyl groups excluding tert-OH is 1. The van der Waals surface area contributed by atoms with Gasteiger partial charge in [0.25, 0.3) is 0 Å². The lowest BCUT2D eigenvalue weighted by Gasteiger charge is -2.34. The van der Waals surface area contributed by atoms with Crippen molar-refractivity contribution in [2.75, 3.05) is 20.8 Å². The van der Waals surface area contributed by atoms with Gasteiger partial charge < -0.3 is 19.9 Å². The fourth-order valence-electron chi connectivity index (χ4n) is 3.94. The Labute approximate surface area is 160 Å². The van der Waals surface area contributed by atoms with E-state index >= 15 is 0 Å². The van der Waals surface area contributed by atoms with Crippen molar-refractivity contribution in [1.82, 2.24) is 5.32 Å². The molecule has 2 aromatic carbocycles. The Hall–Kier alpha value is -2.11. The van der Waals surface area contributed by atoms with E-state index in [1.807, 2.05) is 30.3 Å². The molecule has 0 spiro atoms. The number of methoxy groups -OCH3 is 2. The van der Waals surface area contributed by atoms with Gasteiger partial charge in [0.15, 0.2) is 11.5 Å². The summed E-state index contributed by atoms with van der Waals surface area (Å²) < 4.78 is 23.9. The average Bonchev–Trinajstić information content (AvgIpc) is 2.72. The van der Waals surface area contributed by atoms with Crippen LogP contribution in [0.25, 0.3) is 0 Å². The van der Waals surface area contributed by atoms with Crippen molar-refractivity contribution >= 4 is 0 Å². The summed E-state index contributed by atoms with van der Waals surface area (Å²) in [7, 11) is 3.20. The quantitative estimate of drug-likeness (QED) is 0.773. The van der Waals surface area contributed by atoms with Crippen molar-refractivity contribution in [1.29, 1.82) is 0 Å². The molecule has 1 aliphatic rings. The molecule has 1 aliphatic heterocycles. The van der Waals surface area contributed by atoms with Gasteiger partial charge in [-0.25, -0.2) is 4.39 Å². The zero-order chi connectivity index (χ0) is 19.2. The van der Waals surface area contributed by atoms with Crippen LogP contribution in [0.5, 0.6) is 11.5 Å². The largest absolute Gasteiger partial charge is 0.493 e. The van der Waals surface area contributed by atoms with Gasteiger partial charge in [0.2, 0.25) is 0 Å². The molecule has 0 saturated carbocycles. The van der Waals surface area contributed by atoms with Gasteiger partial charge >= 0.3 is 0 Å². The van der Waals surface area contributed by atoms with Crippen LogP contribution in [0.4, 0.5) is 4.39 Å². The van der Waals surface area contributed by atoms with Crippen LogP contribution in [-0.4, -0.2) is 31.9 Å². The predicted octanol–water partition coefficient (Wildman–Crippen LogP) is 3.88. The number of halogens is 1. The summed E-state index contributed by atoms with van der Waals surface area (Å²) >= 11 is 0. The Morgan fingerprint density at radius 1 is 1.15 bits per heavy atom. The molecule has 0 aliphatic carbocycles. The fourth-order valence-corrected chi connectivity index (χ4v) is 3.94. The number of nitrogens with one attached hydrogen (secondary N) is 1. The lowest BCUT2D eigenvalue weighted by Crippen LogP contribution is -2.40. The van der Waals surface area contributed by atoms with E-state index in [4.69, 9.17) is 9.47 Å². The number of aryl methyl sites for hydroxylation is 1. The molecule has 0 bridgehead atoms. The first kappa shape index (κ1) is 19.6. The summed E-state index contributed by atoms with van der Waals surface area (Å²) in [6.45, 7) is 0.877. The summed E-state index contributed by atoms with van der Waals surface area (Å²) in [5.41, 5.74) is 1.91. The maximum atomic E-state index is 13.0. The SMILES string of the molecule is COc1cccc([C@H](O)C2CCNC(CCc3ccc(F)cc3)C2)c1OC. The molecule has 0 aromatic heterocycles. The molecule has 0 radical (unpaired) electrons. The van der Waals surface area contributed by atoms with Crippen LogP contribution in [0.1, 0.15) is 36.5 Å². The van der Waals surface area contributed by atoms with E-state index in [9.17, 15) is 9.50 Å². The summed E-state index contributed by atoms with van der Waals surface area (Å²) in [5, 5.41) is 14.6. The Morgan fingerprint density at radius 2 is 1.93 bits per heavy atom. The molecular weight excluding hydrogens is 345 g/mol. The third-order valence-corrected chi connectivity index (χ3v) is 5.43. The standard InChI is InChI=1S/C22H28FNO3/c1-26-20-5-3-4-19(22(20)27-2)21(25)16-12-13-24-18(14-16)11-8-15-6-9-17(23)10-7-15/h3-7,9-10,16,18,21,24-25H,8,11-14H2,1-2H3/t16?,18?,21-/m1/s1. The highest BCUT2D eigenvalue weighted by Crippen LogP contribution is 2.40. The second-order valence-corrected chi connectivity index (χ2v) is 7.13. The highest BCUT2D eigenvalue weighted by atomic mass is 19.1. The van der Waals surface area contributed by atoms with E-state index in [0.717, 1.165) is 43.4 Å². The second kappa shape index (κ2) is 9.20. The highest BCUT2D eigenvalue weighted by Gasteiger charge is 2.30. The minimum absolute atomic E-state index is 0.158. The molecule has 4 nitrogen and oxygen atoms in total. The van der Waals surface area contributed by atoms with Crippen LogP contribution < -0.4 is 14.8 Å². The zero-order valence-corrected chi connectivity index (χ0v) is 16.0. The summed E-state index contributed by atoms with van der Waals surface area (Å²) in [4.78, 5) is 0. The van der Waals surface area contributed by atoms with E-state index < -0.39 is 6.10 Å². The van der Waals surface area contributed by atoms with Crippen LogP contribution >= 0.6 is 0 Å². The van der Waals surface area contributed by atoms with Gasteiger partial charge in [-0.05, 0) is 61.9 Å². The number of hydrogen-bond donors (Lipinski definition) is 2. The first-order chi connectivity index (χ1) is 13.1. The van der Waals surface area contributed by atoms with Gasteiger partial charge in [0, 0.05) is 11.6 Å². The molecule has 2 unspecified atom stereocenters. The Bertz CT molecular complexity index is 735. The number of ether oxygens (including phenoxy) is 2. The summed E-state index contributed by atoms with van der Waals surface area (Å²) in [5.74, 6) is 1.19. The Balaban J connectivity index is 1.64. The Morgan fingerprint density at radius 3 is 2.63 bits per heavy atom. The lowest BCUT2D eigenvalue weighted by molar-refractivity contribution is 0.0740. The van der Waals surface area contributed by atoms with Crippen LogP contribution in [0.2, 0.25) is 0 Å². The summed E-state index contributed by atoms with van der Waals surface area (Å²) in [6, 6.07) is 12.6. The highest BCUT2D eigenvalue weighted by molar-refractivity contribution is 5.47. The number of aliphatic hydroxyl groups is 1. The Kier molecular flexibility index (Phi) is 6.69. The molecule has 2 aromatic rings. The molecule has 3 atom stereocenters. The molecule has 146 valence electrons. The molecule has 27 heavy (non-hydrogen) atoms. The molecular formula is C22H28FNO3. The molecule has 1 heterocycles. The monoisotopic (exact) mass is 373 g/mol. The minimum atomic E-state index is -0.592. The number of para-hydroxylation sites is 1. The van der Waals surface area contributed by atoms with Crippen LogP contribution in [0.3, 0.4) is 0 Å². The smallest absolute Gasteiger partial charge is 0.166 e. The van der Waals surface area contributed by atoms with E-state index in [2.05, 4.69) is 5.32 Å². The number of rotatable bonds is 7. The van der Waals surface area contributed by atoms with Crippen molar-refractivity contribution in [3.05, 3.63) is 59.4 Å². The van der Waals surface area contributed by atoms with Crippen molar-refractivity contribution in [2.45, 2.75) is 37.8 Å². The van der Waals surface area contributed by atoms with Crippen LogP contribution in [-0.2, 0) is 6.42 Å². The molecule has 1 fully saturated rings. The number of hydrogen-bond acceptors (Lipinski definition) is 4. The van der Waals surface area contributed by atoms with Crippen molar-refractivity contribution in [3.63, 3.8) is 0 Å². The second-order valence-electron chi connectivity index (χ2n) is 7.13. The van der Waals surface area contributed by atoms with Gasteiger partial charge in [-0.15, -0.1) is 0 Å². The minimum Gasteiger partial charge on any atom is -0.493 e. The number of piperidine rings is 1. The maximum Gasteiger partial charge on any atom is 0.166 e. The van der Waals surface area contributed by atoms with Gasteiger partial charge in [-0.2, -0.15) is 0 Å². The first-order valence-corrected chi connectivity index (χ1v) is 9.49. The van der Waals surface area contributed by atoms with Gasteiger partial charge in [0.05, 0.1) is 20.3 Å². The van der Waals surface area contributed by atoms with Crippen LogP contribution in [0.15, 0.2) is 42.5 Å². The third kappa shape index (κ3) is 4.79. The summed E-state index contributed by atoms with van der Waals surface area (Å²) in [6.07, 6.45) is 3.07. The maximum absolute atomic E-state index is 13.0. The van der Waals surface area contributed by atoms with Gasteiger partial charge in [-0.1, -0.05) is 24.3 Å². The average molecular weight is 373 g/mol. The first-order valence-electron chi connectivity index (χ1n) is 9.49.